The molecule has 0 radical (unpaired) electrons. The van der Waals surface area contributed by atoms with Crippen molar-refractivity contribution < 1.29 is 0 Å². The van der Waals surface area contributed by atoms with Gasteiger partial charge in [-0.2, -0.15) is 0 Å². The minimum atomic E-state index is 0.0519. The van der Waals surface area contributed by atoms with Crippen LogP contribution in [0.15, 0.2) is 97.1 Å². The Kier molecular flexibility index (Phi) is 24.0. The number of hydrogen-bond donors (Lipinski definition) is 2. The van der Waals surface area contributed by atoms with Crippen LogP contribution in [0, 0.1) is 5.92 Å². The van der Waals surface area contributed by atoms with Crippen LogP contribution in [0.2, 0.25) is 0 Å². The quantitative estimate of drug-likeness (QED) is 0.0370. The Hall–Kier alpha value is -3.52. The number of benzene rings is 4. The Morgan fingerprint density at radius 3 is 0.984 bits per heavy atom. The van der Waals surface area contributed by atoms with Gasteiger partial charge in [0.1, 0.15) is 0 Å². The molecular weight excluding hydrogens is 773 g/mol. The molecule has 1 aliphatic rings. The summed E-state index contributed by atoms with van der Waals surface area (Å²) in [5.74, 6) is 1.66. The predicted molar refractivity (Wildman–Crippen MR) is 283 cm³/mol. The van der Waals surface area contributed by atoms with Gasteiger partial charge in [-0.25, -0.2) is 0 Å². The maximum atomic E-state index is 6.21. The molecule has 0 heterocycles. The van der Waals surface area contributed by atoms with E-state index in [-0.39, 0.29) is 5.41 Å². The normalized spacial score (nSPS) is 17.4. The van der Waals surface area contributed by atoms with Crippen molar-refractivity contribution in [3.63, 3.8) is 0 Å². The van der Waals surface area contributed by atoms with Crippen molar-refractivity contribution in [2.24, 2.45) is 5.92 Å². The van der Waals surface area contributed by atoms with Gasteiger partial charge in [-0.05, 0) is 102 Å². The summed E-state index contributed by atoms with van der Waals surface area (Å²) in [4.78, 5) is 0. The van der Waals surface area contributed by atoms with Crippen molar-refractivity contribution in [2.75, 3.05) is 11.5 Å². The maximum Gasteiger partial charge on any atom is 0.0314 e. The van der Waals surface area contributed by atoms with Crippen LogP contribution in [0.4, 0.5) is 11.4 Å². The first kappa shape index (κ1) is 51.5. The van der Waals surface area contributed by atoms with Crippen molar-refractivity contribution >= 4 is 11.4 Å². The zero-order valence-electron chi connectivity index (χ0n) is 41.5. The largest absolute Gasteiger partial charge is 0.399 e. The lowest BCUT2D eigenvalue weighted by atomic mass is 9.62. The molecule has 2 unspecified atom stereocenters. The lowest BCUT2D eigenvalue weighted by Crippen LogP contribution is -2.33. The van der Waals surface area contributed by atoms with Gasteiger partial charge in [-0.15, -0.1) is 0 Å². The fraction of sp³-hybridized carbons (Fsp3) is 0.613. The molecule has 2 nitrogen and oxygen atoms in total. The number of anilines is 2. The molecule has 0 bridgehead atoms. The van der Waals surface area contributed by atoms with Crippen LogP contribution in [-0.2, 0) is 5.41 Å². The molecule has 0 aromatic heterocycles. The molecule has 1 aliphatic carbocycles. The van der Waals surface area contributed by atoms with Gasteiger partial charge in [0.05, 0.1) is 0 Å². The van der Waals surface area contributed by atoms with E-state index in [0.717, 1.165) is 17.3 Å². The summed E-state index contributed by atoms with van der Waals surface area (Å²) in [7, 11) is 0. The van der Waals surface area contributed by atoms with Crippen molar-refractivity contribution in [1.82, 2.24) is 0 Å². The van der Waals surface area contributed by atoms with Gasteiger partial charge in [-0.1, -0.05) is 254 Å². The van der Waals surface area contributed by atoms with Crippen molar-refractivity contribution in [3.05, 3.63) is 130 Å². The summed E-state index contributed by atoms with van der Waals surface area (Å²) >= 11 is 0. The number of unbranched alkanes of at least 4 members (excludes halogenated alkanes) is 21. The molecule has 0 amide bonds. The molecule has 0 saturated heterocycles. The third-order valence-electron chi connectivity index (χ3n) is 15.5. The van der Waals surface area contributed by atoms with Crippen LogP contribution in [-0.4, -0.2) is 0 Å². The van der Waals surface area contributed by atoms with Gasteiger partial charge in [0.25, 0.3) is 0 Å². The molecule has 2 heteroatoms. The molecule has 2 atom stereocenters. The molecule has 64 heavy (non-hydrogen) atoms. The lowest BCUT2D eigenvalue weighted by molar-refractivity contribution is 0.250. The highest BCUT2D eigenvalue weighted by Gasteiger charge is 2.38. The van der Waals surface area contributed by atoms with Gasteiger partial charge in [0.15, 0.2) is 0 Å². The second-order valence-corrected chi connectivity index (χ2v) is 20.5. The second kappa shape index (κ2) is 29.9. The Labute approximate surface area is 394 Å². The molecule has 4 aromatic carbocycles. The number of hydrogen-bond acceptors (Lipinski definition) is 2. The van der Waals surface area contributed by atoms with E-state index in [1.807, 2.05) is 0 Å². The van der Waals surface area contributed by atoms with E-state index in [4.69, 9.17) is 11.5 Å². The monoisotopic (exact) mass is 867 g/mol. The molecule has 352 valence electrons. The van der Waals surface area contributed by atoms with Crippen LogP contribution in [0.25, 0.3) is 0 Å². The summed E-state index contributed by atoms with van der Waals surface area (Å²) in [6.07, 6.45) is 41.9. The molecule has 1 saturated carbocycles. The maximum absolute atomic E-state index is 6.21. The molecule has 1 fully saturated rings. The molecule has 4 N–H and O–H groups in total. The van der Waals surface area contributed by atoms with Gasteiger partial charge in [-0.3, -0.25) is 0 Å². The van der Waals surface area contributed by atoms with Crippen molar-refractivity contribution in [3.8, 4) is 0 Å². The number of nitrogen functional groups attached to an aromatic ring is 2. The fourth-order valence-electron chi connectivity index (χ4n) is 11.3. The summed E-state index contributed by atoms with van der Waals surface area (Å²) in [5, 5.41) is 0. The van der Waals surface area contributed by atoms with Gasteiger partial charge < -0.3 is 11.5 Å². The highest BCUT2D eigenvalue weighted by Crippen LogP contribution is 2.48. The minimum absolute atomic E-state index is 0.0519. The minimum Gasteiger partial charge on any atom is -0.399 e. The SMILES string of the molecule is CCCCCCCCCCCC(c1ccc(N)cc1)c1ccc(C2(c3ccc(C(CCCCCCCCCCC)c4ccc(N)cc4)cc3)CCC(CCCCCCCC)CC2)cc1. The zero-order chi connectivity index (χ0) is 45.1. The zero-order valence-corrected chi connectivity index (χ0v) is 41.5. The van der Waals surface area contributed by atoms with Crippen LogP contribution < -0.4 is 11.5 Å². The molecule has 5 rings (SSSR count). The van der Waals surface area contributed by atoms with E-state index in [2.05, 4.69) is 118 Å². The summed E-state index contributed by atoms with van der Waals surface area (Å²) in [5.41, 5.74) is 22.9. The summed E-state index contributed by atoms with van der Waals surface area (Å²) in [6.45, 7) is 6.94. The first-order valence-electron chi connectivity index (χ1n) is 27.4. The average molecular weight is 867 g/mol. The molecular formula is C62H94N2. The highest BCUT2D eigenvalue weighted by atomic mass is 14.5. The first-order chi connectivity index (χ1) is 31.5. The highest BCUT2D eigenvalue weighted by molar-refractivity contribution is 5.47. The Morgan fingerprint density at radius 1 is 0.375 bits per heavy atom. The van der Waals surface area contributed by atoms with Crippen molar-refractivity contribution in [2.45, 2.75) is 237 Å². The van der Waals surface area contributed by atoms with Crippen molar-refractivity contribution in [1.29, 1.82) is 0 Å². The van der Waals surface area contributed by atoms with E-state index < -0.39 is 0 Å². The van der Waals surface area contributed by atoms with Gasteiger partial charge >= 0.3 is 0 Å². The summed E-state index contributed by atoms with van der Waals surface area (Å²) < 4.78 is 0. The Balaban J connectivity index is 1.33. The number of rotatable bonds is 33. The number of nitrogens with two attached hydrogens (primary N) is 2. The van der Waals surface area contributed by atoms with Crippen LogP contribution in [0.1, 0.15) is 265 Å². The predicted octanol–water partition coefficient (Wildman–Crippen LogP) is 19.2. The smallest absolute Gasteiger partial charge is 0.0314 e. The second-order valence-electron chi connectivity index (χ2n) is 20.5. The Bertz CT molecular complexity index is 1630. The van der Waals surface area contributed by atoms with E-state index in [1.165, 1.54) is 232 Å². The van der Waals surface area contributed by atoms with Gasteiger partial charge in [0.2, 0.25) is 0 Å². The van der Waals surface area contributed by atoms with E-state index in [0.29, 0.717) is 11.8 Å². The lowest BCUT2D eigenvalue weighted by Gasteiger charge is -2.42. The first-order valence-corrected chi connectivity index (χ1v) is 27.4. The molecule has 0 aliphatic heterocycles. The van der Waals surface area contributed by atoms with E-state index in [9.17, 15) is 0 Å². The summed E-state index contributed by atoms with van der Waals surface area (Å²) in [6, 6.07) is 37.7. The molecule has 4 aromatic rings. The van der Waals surface area contributed by atoms with Crippen LogP contribution >= 0.6 is 0 Å². The third kappa shape index (κ3) is 17.0. The van der Waals surface area contributed by atoms with Gasteiger partial charge in [0, 0.05) is 28.6 Å². The van der Waals surface area contributed by atoms with E-state index >= 15 is 0 Å². The van der Waals surface area contributed by atoms with E-state index in [1.54, 1.807) is 0 Å². The average Bonchev–Trinajstić information content (AvgIpc) is 3.33. The standard InChI is InChI=1S/C62H94N2/c1-4-7-10-13-16-18-20-23-26-29-60(54-35-43-58(63)44-36-54)52-31-39-56(40-32-52)62(49-47-51(48-50-62)28-25-22-15-12-9-6-3)57-41-33-53(34-42-57)61(55-37-45-59(64)46-38-55)30-27-24-21-19-17-14-11-8-5-2/h31-46,51,60-61H,4-30,47-50,63-64H2,1-3H3. The Morgan fingerprint density at radius 2 is 0.656 bits per heavy atom. The van der Waals surface area contributed by atoms with Crippen LogP contribution in [0.5, 0.6) is 0 Å². The topological polar surface area (TPSA) is 52.0 Å². The third-order valence-corrected chi connectivity index (χ3v) is 15.5. The van der Waals surface area contributed by atoms with Crippen LogP contribution in [0.3, 0.4) is 0 Å². The molecule has 0 spiro atoms. The fourth-order valence-corrected chi connectivity index (χ4v) is 11.3.